The second-order valence-electron chi connectivity index (χ2n) is 8.24. The van der Waals surface area contributed by atoms with Crippen molar-refractivity contribution in [3.8, 4) is 0 Å². The van der Waals surface area contributed by atoms with Crippen LogP contribution >= 0.6 is 0 Å². The maximum atomic E-state index is 6.10. The van der Waals surface area contributed by atoms with Crippen molar-refractivity contribution in [1.82, 2.24) is 15.1 Å². The highest BCUT2D eigenvalue weighted by Crippen LogP contribution is 2.20. The molecule has 154 valence electrons. The van der Waals surface area contributed by atoms with E-state index in [9.17, 15) is 0 Å². The van der Waals surface area contributed by atoms with Crippen molar-refractivity contribution in [3.05, 3.63) is 12.2 Å². The van der Waals surface area contributed by atoms with E-state index in [0.29, 0.717) is 12.1 Å². The first-order valence-corrected chi connectivity index (χ1v) is 11.4. The van der Waals surface area contributed by atoms with Gasteiger partial charge in [-0.15, -0.1) is 0 Å². The van der Waals surface area contributed by atoms with Crippen LogP contribution in [0.3, 0.4) is 0 Å². The van der Waals surface area contributed by atoms with Crippen LogP contribution in [0.4, 0.5) is 0 Å². The highest BCUT2D eigenvalue weighted by atomic mass is 16.5. The van der Waals surface area contributed by atoms with Gasteiger partial charge in [0.25, 0.3) is 0 Å². The number of nitrogens with zero attached hydrogens (tertiary/aromatic N) is 3. The molecule has 0 bridgehead atoms. The van der Waals surface area contributed by atoms with E-state index >= 15 is 0 Å². The Morgan fingerprint density at radius 3 is 2.59 bits per heavy atom. The minimum atomic E-state index is 0.523. The number of aliphatic imine (C=N–C) groups is 1. The van der Waals surface area contributed by atoms with Gasteiger partial charge in [0.15, 0.2) is 5.96 Å². The number of nitrogens with one attached hydrogen (secondary N) is 1. The first-order valence-electron chi connectivity index (χ1n) is 11.4. The van der Waals surface area contributed by atoms with E-state index in [-0.39, 0.29) is 0 Å². The molecular weight excluding hydrogens is 336 g/mol. The summed E-state index contributed by atoms with van der Waals surface area (Å²) in [6.45, 7) is 9.38. The fourth-order valence-corrected chi connectivity index (χ4v) is 4.51. The predicted molar refractivity (Wildman–Crippen MR) is 113 cm³/mol. The van der Waals surface area contributed by atoms with Gasteiger partial charge < -0.3 is 15.0 Å². The number of ether oxygens (including phenoxy) is 1. The lowest BCUT2D eigenvalue weighted by Gasteiger charge is -2.25. The standard InChI is InChI=1S/C22H40N4O/c1-2-23-22(26-17-13-20(19-26)25-15-8-9-16-25)24-14-7-10-18-27-21-11-5-3-4-6-12-21/h8-9,20-21H,2-7,10-19H2,1H3,(H,23,24). The topological polar surface area (TPSA) is 40.1 Å². The molecular formula is C22H40N4O. The van der Waals surface area contributed by atoms with Gasteiger partial charge in [0, 0.05) is 51.9 Å². The predicted octanol–water partition coefficient (Wildman–Crippen LogP) is 3.42. The second kappa shape index (κ2) is 11.7. The van der Waals surface area contributed by atoms with Gasteiger partial charge in [-0.25, -0.2) is 0 Å². The first-order chi connectivity index (χ1) is 13.4. The molecule has 0 spiro atoms. The molecule has 1 atom stereocenters. The van der Waals surface area contributed by atoms with Gasteiger partial charge in [0.2, 0.25) is 0 Å². The Kier molecular flexibility index (Phi) is 8.95. The number of hydrogen-bond acceptors (Lipinski definition) is 3. The summed E-state index contributed by atoms with van der Waals surface area (Å²) >= 11 is 0. The van der Waals surface area contributed by atoms with E-state index in [1.165, 1.54) is 44.9 Å². The summed E-state index contributed by atoms with van der Waals surface area (Å²) in [5.41, 5.74) is 0. The molecule has 1 N–H and O–H groups in total. The zero-order chi connectivity index (χ0) is 18.7. The van der Waals surface area contributed by atoms with Gasteiger partial charge in [0.1, 0.15) is 0 Å². The van der Waals surface area contributed by atoms with Crippen molar-refractivity contribution in [2.45, 2.75) is 76.9 Å². The maximum absolute atomic E-state index is 6.10. The zero-order valence-corrected chi connectivity index (χ0v) is 17.4. The van der Waals surface area contributed by atoms with E-state index < -0.39 is 0 Å². The van der Waals surface area contributed by atoms with Crippen LogP contribution in [-0.2, 0) is 4.74 Å². The summed E-state index contributed by atoms with van der Waals surface area (Å²) in [5.74, 6) is 1.11. The molecule has 1 saturated carbocycles. The summed E-state index contributed by atoms with van der Waals surface area (Å²) in [6.07, 6.45) is 16.6. The van der Waals surface area contributed by atoms with Gasteiger partial charge >= 0.3 is 0 Å². The quantitative estimate of drug-likeness (QED) is 0.232. The largest absolute Gasteiger partial charge is 0.378 e. The molecule has 0 amide bonds. The summed E-state index contributed by atoms with van der Waals surface area (Å²) in [6, 6.07) is 0.678. The minimum Gasteiger partial charge on any atom is -0.378 e. The van der Waals surface area contributed by atoms with E-state index in [1.54, 1.807) is 0 Å². The third-order valence-corrected chi connectivity index (χ3v) is 6.13. The third-order valence-electron chi connectivity index (χ3n) is 6.13. The van der Waals surface area contributed by atoms with Crippen molar-refractivity contribution in [2.75, 3.05) is 45.9 Å². The number of rotatable bonds is 8. The number of hydrogen-bond donors (Lipinski definition) is 1. The smallest absolute Gasteiger partial charge is 0.193 e. The molecule has 27 heavy (non-hydrogen) atoms. The number of likely N-dealkylation sites (tertiary alicyclic amines) is 1. The molecule has 2 heterocycles. The molecule has 3 rings (SSSR count). The Bertz CT molecular complexity index is 463. The molecule has 0 aromatic rings. The summed E-state index contributed by atoms with van der Waals surface area (Å²) < 4.78 is 6.10. The van der Waals surface area contributed by atoms with Crippen LogP contribution in [0, 0.1) is 0 Å². The third kappa shape index (κ3) is 6.79. The van der Waals surface area contributed by atoms with Crippen molar-refractivity contribution < 1.29 is 4.74 Å². The summed E-state index contributed by atoms with van der Waals surface area (Å²) in [7, 11) is 0. The van der Waals surface area contributed by atoms with Crippen LogP contribution in [-0.4, -0.2) is 73.8 Å². The van der Waals surface area contributed by atoms with E-state index in [2.05, 4.69) is 34.2 Å². The molecule has 0 aromatic heterocycles. The van der Waals surface area contributed by atoms with Crippen LogP contribution in [0.25, 0.3) is 0 Å². The highest BCUT2D eigenvalue weighted by molar-refractivity contribution is 5.80. The second-order valence-corrected chi connectivity index (χ2v) is 8.24. The van der Waals surface area contributed by atoms with E-state index in [4.69, 9.17) is 9.73 Å². The first kappa shape index (κ1) is 20.7. The molecule has 0 radical (unpaired) electrons. The normalized spacial score (nSPS) is 25.3. The number of guanidine groups is 1. The highest BCUT2D eigenvalue weighted by Gasteiger charge is 2.29. The average molecular weight is 377 g/mol. The summed E-state index contributed by atoms with van der Waals surface area (Å²) in [4.78, 5) is 9.93. The maximum Gasteiger partial charge on any atom is 0.193 e. The van der Waals surface area contributed by atoms with Crippen molar-refractivity contribution in [3.63, 3.8) is 0 Å². The van der Waals surface area contributed by atoms with Gasteiger partial charge in [-0.1, -0.05) is 37.8 Å². The van der Waals surface area contributed by atoms with Crippen molar-refractivity contribution in [2.24, 2.45) is 4.99 Å². The molecule has 2 fully saturated rings. The molecule has 0 aromatic carbocycles. The SMILES string of the molecule is CCNC(=NCCCCOC1CCCCCC1)N1CCC(N2CC=CC2)C1. The van der Waals surface area contributed by atoms with Crippen LogP contribution < -0.4 is 5.32 Å². The van der Waals surface area contributed by atoms with Gasteiger partial charge in [-0.3, -0.25) is 9.89 Å². The Hall–Kier alpha value is -1.07. The molecule has 1 aliphatic carbocycles. The average Bonchev–Trinajstić information content (AvgIpc) is 3.31. The van der Waals surface area contributed by atoms with E-state index in [1.807, 2.05) is 0 Å². The van der Waals surface area contributed by atoms with Crippen LogP contribution in [0.2, 0.25) is 0 Å². The zero-order valence-electron chi connectivity index (χ0n) is 17.4. The fraction of sp³-hybridized carbons (Fsp3) is 0.864. The monoisotopic (exact) mass is 376 g/mol. The fourth-order valence-electron chi connectivity index (χ4n) is 4.51. The Morgan fingerprint density at radius 1 is 1.07 bits per heavy atom. The molecule has 1 saturated heterocycles. The van der Waals surface area contributed by atoms with Gasteiger partial charge in [0.05, 0.1) is 6.10 Å². The lowest BCUT2D eigenvalue weighted by Crippen LogP contribution is -2.42. The van der Waals surface area contributed by atoms with Crippen molar-refractivity contribution >= 4 is 5.96 Å². The van der Waals surface area contributed by atoms with Crippen LogP contribution in [0.15, 0.2) is 17.1 Å². The Labute approximate surface area is 166 Å². The Balaban J connectivity index is 1.33. The van der Waals surface area contributed by atoms with Crippen molar-refractivity contribution in [1.29, 1.82) is 0 Å². The molecule has 5 heteroatoms. The Morgan fingerprint density at radius 2 is 1.85 bits per heavy atom. The minimum absolute atomic E-state index is 0.523. The lowest BCUT2D eigenvalue weighted by atomic mass is 10.1. The molecule has 1 unspecified atom stereocenters. The van der Waals surface area contributed by atoms with Crippen LogP contribution in [0.5, 0.6) is 0 Å². The van der Waals surface area contributed by atoms with Crippen LogP contribution in [0.1, 0.15) is 64.7 Å². The number of unbranched alkanes of at least 4 members (excludes halogenated alkanes) is 1. The van der Waals surface area contributed by atoms with E-state index in [0.717, 1.165) is 64.7 Å². The molecule has 3 aliphatic rings. The van der Waals surface area contributed by atoms with Gasteiger partial charge in [-0.2, -0.15) is 0 Å². The molecule has 5 nitrogen and oxygen atoms in total. The summed E-state index contributed by atoms with van der Waals surface area (Å²) in [5, 5.41) is 3.50. The lowest BCUT2D eigenvalue weighted by molar-refractivity contribution is 0.0412. The van der Waals surface area contributed by atoms with Gasteiger partial charge in [-0.05, 0) is 39.0 Å². The molecule has 2 aliphatic heterocycles.